The summed E-state index contributed by atoms with van der Waals surface area (Å²) in [6.07, 6.45) is 0. The van der Waals surface area contributed by atoms with Gasteiger partial charge in [0.1, 0.15) is 4.38 Å². The van der Waals surface area contributed by atoms with Crippen LogP contribution in [0.2, 0.25) is 0 Å². The summed E-state index contributed by atoms with van der Waals surface area (Å²) in [6, 6.07) is 8.05. The zero-order valence-corrected chi connectivity index (χ0v) is 10.5. The van der Waals surface area contributed by atoms with Gasteiger partial charge in [-0.25, -0.2) is 4.99 Å². The van der Waals surface area contributed by atoms with Gasteiger partial charge in [0.25, 0.3) is 0 Å². The first-order chi connectivity index (χ1) is 7.66. The van der Waals surface area contributed by atoms with Gasteiger partial charge in [-0.15, -0.1) is 0 Å². The van der Waals surface area contributed by atoms with E-state index in [4.69, 9.17) is 5.73 Å². The number of aliphatic imine (C=N–C) groups is 1. The summed E-state index contributed by atoms with van der Waals surface area (Å²) >= 11 is 3.09. The average Bonchev–Trinajstić information content (AvgIpc) is 2.28. The predicted octanol–water partition coefficient (Wildman–Crippen LogP) is 2.53. The Morgan fingerprint density at radius 2 is 2.31 bits per heavy atom. The minimum atomic E-state index is -0.299. The third-order valence-electron chi connectivity index (χ3n) is 2.23. The van der Waals surface area contributed by atoms with Gasteiger partial charge in [0, 0.05) is 5.75 Å². The monoisotopic (exact) mass is 252 g/mol. The number of carbonyl (C=O) groups excluding carboxylic acids is 1. The molecule has 1 atom stereocenters. The third-order valence-corrected chi connectivity index (χ3v) is 4.55. The molecule has 0 bridgehead atoms. The number of hydrogen-bond donors (Lipinski definition) is 1. The molecule has 1 aliphatic rings. The maximum absolute atomic E-state index is 11.0. The lowest BCUT2D eigenvalue weighted by atomic mass is 10.2. The van der Waals surface area contributed by atoms with Crippen LogP contribution in [0.25, 0.3) is 0 Å². The highest BCUT2D eigenvalue weighted by molar-refractivity contribution is 8.39. The summed E-state index contributed by atoms with van der Waals surface area (Å²) in [5.41, 5.74) is 7.46. The molecule has 0 aliphatic carbocycles. The first-order valence-corrected chi connectivity index (χ1v) is 6.78. The lowest BCUT2D eigenvalue weighted by Crippen LogP contribution is -2.23. The number of benzene rings is 1. The first-order valence-electron chi connectivity index (χ1n) is 4.92. The van der Waals surface area contributed by atoms with Gasteiger partial charge in [-0.2, -0.15) is 0 Å². The Morgan fingerprint density at radius 3 is 3.06 bits per heavy atom. The van der Waals surface area contributed by atoms with Gasteiger partial charge in [-0.3, -0.25) is 4.79 Å². The summed E-state index contributed by atoms with van der Waals surface area (Å²) in [5, 5.41) is -0.225. The number of carbonyl (C=O) groups is 1. The molecular weight excluding hydrogens is 240 g/mol. The molecule has 0 fully saturated rings. The number of hydrogen-bond acceptors (Lipinski definition) is 4. The highest BCUT2D eigenvalue weighted by Crippen LogP contribution is 2.35. The lowest BCUT2D eigenvalue weighted by molar-refractivity contribution is -0.117. The maximum Gasteiger partial charge on any atom is 0.230 e. The van der Waals surface area contributed by atoms with Crippen molar-refractivity contribution >= 4 is 39.5 Å². The van der Waals surface area contributed by atoms with Crippen LogP contribution in [0.4, 0.5) is 5.69 Å². The van der Waals surface area contributed by atoms with Crippen molar-refractivity contribution < 1.29 is 4.79 Å². The van der Waals surface area contributed by atoms with E-state index in [1.54, 1.807) is 18.7 Å². The van der Waals surface area contributed by atoms with Crippen molar-refractivity contribution in [3.8, 4) is 0 Å². The second-order valence-corrected chi connectivity index (χ2v) is 6.01. The average molecular weight is 252 g/mol. The summed E-state index contributed by atoms with van der Waals surface area (Å²) in [7, 11) is 0. The first kappa shape index (κ1) is 11.5. The van der Waals surface area contributed by atoms with Crippen LogP contribution in [0.15, 0.2) is 29.3 Å². The van der Waals surface area contributed by atoms with Crippen molar-refractivity contribution in [1.82, 2.24) is 0 Å². The van der Waals surface area contributed by atoms with Crippen LogP contribution in [0.3, 0.4) is 0 Å². The zero-order chi connectivity index (χ0) is 11.5. The van der Waals surface area contributed by atoms with E-state index in [1.165, 1.54) is 17.3 Å². The number of nitrogens with two attached hydrogens (primary N) is 1. The molecule has 0 aromatic heterocycles. The van der Waals surface area contributed by atoms with Gasteiger partial charge in [0.2, 0.25) is 5.91 Å². The SMILES string of the molecule is C[C@@H](SC1=Nc2ccccc2CS1)C(N)=O. The molecule has 2 N–H and O–H groups in total. The number of para-hydroxylation sites is 1. The normalized spacial score (nSPS) is 16.2. The van der Waals surface area contributed by atoms with Crippen LogP contribution in [-0.4, -0.2) is 15.5 Å². The maximum atomic E-state index is 11.0. The number of primary amides is 1. The van der Waals surface area contributed by atoms with Gasteiger partial charge in [0.05, 0.1) is 10.9 Å². The quantitative estimate of drug-likeness (QED) is 0.880. The summed E-state index contributed by atoms with van der Waals surface area (Å²) in [4.78, 5) is 15.5. The fourth-order valence-corrected chi connectivity index (χ4v) is 3.42. The van der Waals surface area contributed by atoms with Gasteiger partial charge in [-0.1, -0.05) is 41.7 Å². The van der Waals surface area contributed by atoms with E-state index in [0.717, 1.165) is 15.8 Å². The van der Waals surface area contributed by atoms with Crippen molar-refractivity contribution in [3.63, 3.8) is 0 Å². The smallest absolute Gasteiger partial charge is 0.230 e. The predicted molar refractivity (Wildman–Crippen MR) is 71.1 cm³/mol. The van der Waals surface area contributed by atoms with E-state index in [0.29, 0.717) is 0 Å². The highest BCUT2D eigenvalue weighted by Gasteiger charge is 2.17. The van der Waals surface area contributed by atoms with E-state index < -0.39 is 0 Å². The second-order valence-electron chi connectivity index (χ2n) is 3.46. The Hall–Kier alpha value is -0.940. The molecule has 0 saturated carbocycles. The molecule has 84 valence electrons. The Labute approximate surface area is 103 Å². The molecule has 1 aliphatic heterocycles. The molecule has 5 heteroatoms. The van der Waals surface area contributed by atoms with Gasteiger partial charge >= 0.3 is 0 Å². The van der Waals surface area contributed by atoms with Crippen molar-refractivity contribution in [1.29, 1.82) is 0 Å². The molecule has 0 radical (unpaired) electrons. The third kappa shape index (κ3) is 2.59. The number of thioether (sulfide) groups is 2. The van der Waals surface area contributed by atoms with E-state index in [1.807, 2.05) is 18.2 Å². The molecule has 0 spiro atoms. The molecule has 1 aromatic rings. The summed E-state index contributed by atoms with van der Waals surface area (Å²) < 4.78 is 0.921. The number of rotatable bonds is 2. The van der Waals surface area contributed by atoms with Crippen molar-refractivity contribution in [2.75, 3.05) is 0 Å². The molecule has 1 heterocycles. The van der Waals surface area contributed by atoms with Gasteiger partial charge < -0.3 is 5.73 Å². The highest BCUT2D eigenvalue weighted by atomic mass is 32.2. The van der Waals surface area contributed by atoms with E-state index in [-0.39, 0.29) is 11.2 Å². The van der Waals surface area contributed by atoms with Crippen molar-refractivity contribution in [2.45, 2.75) is 17.9 Å². The molecule has 0 unspecified atom stereocenters. The minimum Gasteiger partial charge on any atom is -0.369 e. The number of nitrogens with zero attached hydrogens (tertiary/aromatic N) is 1. The molecular formula is C11H12N2OS2. The van der Waals surface area contributed by atoms with Crippen LogP contribution in [0.5, 0.6) is 0 Å². The Kier molecular flexibility index (Phi) is 3.56. The Morgan fingerprint density at radius 1 is 1.56 bits per heavy atom. The zero-order valence-electron chi connectivity index (χ0n) is 8.84. The molecule has 1 aromatic carbocycles. The summed E-state index contributed by atoms with van der Waals surface area (Å²) in [6.45, 7) is 1.80. The molecule has 3 nitrogen and oxygen atoms in total. The molecule has 2 rings (SSSR count). The second kappa shape index (κ2) is 4.93. The van der Waals surface area contributed by atoms with Crippen LogP contribution in [-0.2, 0) is 10.5 Å². The minimum absolute atomic E-state index is 0.225. The van der Waals surface area contributed by atoms with E-state index in [2.05, 4.69) is 11.1 Å². The van der Waals surface area contributed by atoms with E-state index >= 15 is 0 Å². The van der Waals surface area contributed by atoms with Crippen molar-refractivity contribution in [3.05, 3.63) is 29.8 Å². The largest absolute Gasteiger partial charge is 0.369 e. The van der Waals surface area contributed by atoms with Crippen LogP contribution >= 0.6 is 23.5 Å². The molecule has 0 saturated heterocycles. The fourth-order valence-electron chi connectivity index (χ4n) is 1.28. The lowest BCUT2D eigenvalue weighted by Gasteiger charge is -2.15. The van der Waals surface area contributed by atoms with Gasteiger partial charge in [-0.05, 0) is 18.6 Å². The number of amides is 1. The van der Waals surface area contributed by atoms with Gasteiger partial charge in [0.15, 0.2) is 0 Å². The Bertz CT molecular complexity index is 445. The summed E-state index contributed by atoms with van der Waals surface area (Å²) in [5.74, 6) is 0.611. The van der Waals surface area contributed by atoms with Crippen LogP contribution in [0, 0.1) is 0 Å². The van der Waals surface area contributed by atoms with Crippen LogP contribution in [0.1, 0.15) is 12.5 Å². The van der Waals surface area contributed by atoms with E-state index in [9.17, 15) is 4.79 Å². The standard InChI is InChI=1S/C11H12N2OS2/c1-7(10(12)14)16-11-13-9-5-3-2-4-8(9)6-15-11/h2-5,7H,6H2,1H3,(H2,12,14)/t7-/m1/s1. The van der Waals surface area contributed by atoms with Crippen LogP contribution < -0.4 is 5.73 Å². The molecule has 16 heavy (non-hydrogen) atoms. The Balaban J connectivity index is 2.15. The molecule has 1 amide bonds. The van der Waals surface area contributed by atoms with Crippen molar-refractivity contribution in [2.24, 2.45) is 10.7 Å². The topological polar surface area (TPSA) is 55.4 Å². The fraction of sp³-hybridized carbons (Fsp3) is 0.273. The number of fused-ring (bicyclic) bond motifs is 1.